The Kier molecular flexibility index (Phi) is 4.16. The Morgan fingerprint density at radius 1 is 1.04 bits per heavy atom. The molecule has 4 heteroatoms. The highest BCUT2D eigenvalue weighted by Crippen LogP contribution is 2.58. The fraction of sp³-hybridized carbons (Fsp3) is 0.316. The molecule has 0 heterocycles. The molecule has 2 nitrogen and oxygen atoms in total. The minimum Gasteiger partial charge on any atom is -0.348 e. The summed E-state index contributed by atoms with van der Waals surface area (Å²) in [4.78, 5) is 12.5. The van der Waals surface area contributed by atoms with Crippen LogP contribution in [0.25, 0.3) is 0 Å². The van der Waals surface area contributed by atoms with E-state index in [0.717, 1.165) is 0 Å². The van der Waals surface area contributed by atoms with Crippen molar-refractivity contribution in [3.05, 3.63) is 69.2 Å². The average molecular weight is 348 g/mol. The molecule has 0 aromatic heterocycles. The van der Waals surface area contributed by atoms with Gasteiger partial charge in [0.15, 0.2) is 0 Å². The second-order valence-corrected chi connectivity index (χ2v) is 7.60. The molecule has 0 aliphatic heterocycles. The average Bonchev–Trinajstić information content (AvgIpc) is 3.03. The van der Waals surface area contributed by atoms with Gasteiger partial charge in [-0.1, -0.05) is 66.9 Å². The minimum atomic E-state index is -0.115. The Morgan fingerprint density at radius 2 is 1.70 bits per heavy atom. The fourth-order valence-corrected chi connectivity index (χ4v) is 3.46. The van der Waals surface area contributed by atoms with Crippen LogP contribution in [0.3, 0.4) is 0 Å². The van der Waals surface area contributed by atoms with Gasteiger partial charge in [0.25, 0.3) is 5.91 Å². The van der Waals surface area contributed by atoms with Crippen molar-refractivity contribution in [1.82, 2.24) is 5.32 Å². The van der Waals surface area contributed by atoms with E-state index in [4.69, 9.17) is 23.2 Å². The largest absolute Gasteiger partial charge is 0.348 e. The fourth-order valence-electron chi connectivity index (χ4n) is 3.16. The van der Waals surface area contributed by atoms with Gasteiger partial charge in [-0.3, -0.25) is 4.79 Å². The second-order valence-electron chi connectivity index (χ2n) is 6.79. The number of benzene rings is 2. The van der Waals surface area contributed by atoms with Gasteiger partial charge in [-0.2, -0.15) is 0 Å². The maximum atomic E-state index is 12.5. The minimum absolute atomic E-state index is 0.0428. The van der Waals surface area contributed by atoms with Crippen LogP contribution in [0.1, 0.15) is 41.3 Å². The van der Waals surface area contributed by atoms with Crippen LogP contribution in [-0.4, -0.2) is 11.9 Å². The number of nitrogens with one attached hydrogen (secondary N) is 1. The molecule has 0 saturated heterocycles. The van der Waals surface area contributed by atoms with Crippen LogP contribution in [0.4, 0.5) is 0 Å². The quantitative estimate of drug-likeness (QED) is 0.809. The van der Waals surface area contributed by atoms with Crippen molar-refractivity contribution in [3.63, 3.8) is 0 Å². The van der Waals surface area contributed by atoms with Crippen LogP contribution in [0.5, 0.6) is 0 Å². The third-order valence-corrected chi connectivity index (χ3v) is 5.47. The molecule has 1 saturated carbocycles. The Balaban J connectivity index is 1.76. The van der Waals surface area contributed by atoms with Crippen molar-refractivity contribution in [2.45, 2.75) is 32.7 Å². The van der Waals surface area contributed by atoms with E-state index in [-0.39, 0.29) is 17.4 Å². The van der Waals surface area contributed by atoms with Gasteiger partial charge in [0.1, 0.15) is 0 Å². The predicted octanol–water partition coefficient (Wildman–Crippen LogP) is 5.22. The lowest BCUT2D eigenvalue weighted by Gasteiger charge is -2.07. The monoisotopic (exact) mass is 347 g/mol. The van der Waals surface area contributed by atoms with Gasteiger partial charge in [0.05, 0.1) is 10.0 Å². The molecule has 2 atom stereocenters. The Morgan fingerprint density at radius 3 is 2.30 bits per heavy atom. The van der Waals surface area contributed by atoms with Crippen LogP contribution in [0, 0.1) is 12.3 Å². The van der Waals surface area contributed by atoms with Crippen LogP contribution in [-0.2, 0) is 0 Å². The SMILES string of the molecule is Cc1ccc(C2C(NC(=O)c3ccc(Cl)c(Cl)c3)C2(C)C)cc1. The third kappa shape index (κ3) is 3.11. The highest BCUT2D eigenvalue weighted by atomic mass is 35.5. The summed E-state index contributed by atoms with van der Waals surface area (Å²) in [5.41, 5.74) is 3.08. The lowest BCUT2D eigenvalue weighted by Crippen LogP contribution is -2.28. The summed E-state index contributed by atoms with van der Waals surface area (Å²) in [6.45, 7) is 6.43. The number of carbonyl (C=O) groups excluding carboxylic acids is 1. The number of halogens is 2. The Bertz CT molecular complexity index is 752. The Hall–Kier alpha value is -1.51. The predicted molar refractivity (Wildman–Crippen MR) is 95.4 cm³/mol. The molecule has 1 fully saturated rings. The molecular weight excluding hydrogens is 329 g/mol. The van der Waals surface area contributed by atoms with E-state index in [1.807, 2.05) is 0 Å². The van der Waals surface area contributed by atoms with Crippen molar-refractivity contribution >= 4 is 29.1 Å². The topological polar surface area (TPSA) is 29.1 Å². The number of rotatable bonds is 3. The van der Waals surface area contributed by atoms with Gasteiger partial charge in [0, 0.05) is 17.5 Å². The molecule has 2 aromatic carbocycles. The van der Waals surface area contributed by atoms with E-state index in [0.29, 0.717) is 21.5 Å². The first-order valence-electron chi connectivity index (χ1n) is 7.63. The van der Waals surface area contributed by atoms with Crippen LogP contribution >= 0.6 is 23.2 Å². The first-order valence-corrected chi connectivity index (χ1v) is 8.39. The molecule has 0 bridgehead atoms. The van der Waals surface area contributed by atoms with Gasteiger partial charge < -0.3 is 5.32 Å². The number of aryl methyl sites for hydroxylation is 1. The molecule has 0 radical (unpaired) electrons. The molecule has 0 spiro atoms. The Labute approximate surface area is 146 Å². The van der Waals surface area contributed by atoms with Crippen molar-refractivity contribution in [1.29, 1.82) is 0 Å². The van der Waals surface area contributed by atoms with E-state index < -0.39 is 0 Å². The molecule has 23 heavy (non-hydrogen) atoms. The number of hydrogen-bond acceptors (Lipinski definition) is 1. The molecule has 1 N–H and O–H groups in total. The molecule has 2 aromatic rings. The first kappa shape index (κ1) is 16.4. The van der Waals surface area contributed by atoms with Gasteiger partial charge in [-0.25, -0.2) is 0 Å². The van der Waals surface area contributed by atoms with E-state index >= 15 is 0 Å². The van der Waals surface area contributed by atoms with Crippen LogP contribution < -0.4 is 5.32 Å². The summed E-state index contributed by atoms with van der Waals surface area (Å²) in [5.74, 6) is 0.214. The molecule has 1 aliphatic rings. The molecule has 3 rings (SSSR count). The summed E-state index contributed by atoms with van der Waals surface area (Å²) in [5, 5.41) is 3.97. The number of carbonyl (C=O) groups is 1. The highest BCUT2D eigenvalue weighted by Gasteiger charge is 2.59. The van der Waals surface area contributed by atoms with Gasteiger partial charge >= 0.3 is 0 Å². The maximum Gasteiger partial charge on any atom is 0.251 e. The van der Waals surface area contributed by atoms with Gasteiger partial charge in [-0.05, 0) is 36.1 Å². The molecule has 2 unspecified atom stereocenters. The highest BCUT2D eigenvalue weighted by molar-refractivity contribution is 6.42. The van der Waals surface area contributed by atoms with E-state index in [1.54, 1.807) is 18.2 Å². The third-order valence-electron chi connectivity index (χ3n) is 4.73. The zero-order valence-corrected chi connectivity index (χ0v) is 14.9. The lowest BCUT2D eigenvalue weighted by molar-refractivity contribution is 0.0946. The molecule has 1 aliphatic carbocycles. The van der Waals surface area contributed by atoms with Gasteiger partial charge in [-0.15, -0.1) is 0 Å². The zero-order chi connectivity index (χ0) is 16.8. The second kappa shape index (κ2) is 5.85. The van der Waals surface area contributed by atoms with Crippen molar-refractivity contribution in [3.8, 4) is 0 Å². The smallest absolute Gasteiger partial charge is 0.251 e. The summed E-state index contributed by atoms with van der Waals surface area (Å²) in [6.07, 6.45) is 0. The number of amides is 1. The summed E-state index contributed by atoms with van der Waals surface area (Å²) < 4.78 is 0. The molecular formula is C19H19Cl2NO. The molecule has 120 valence electrons. The van der Waals surface area contributed by atoms with Crippen LogP contribution in [0.15, 0.2) is 42.5 Å². The van der Waals surface area contributed by atoms with E-state index in [9.17, 15) is 4.79 Å². The summed E-state index contributed by atoms with van der Waals surface area (Å²) in [6, 6.07) is 13.6. The number of hydrogen-bond donors (Lipinski definition) is 1. The van der Waals surface area contributed by atoms with Crippen molar-refractivity contribution in [2.75, 3.05) is 0 Å². The summed E-state index contributed by atoms with van der Waals surface area (Å²) in [7, 11) is 0. The van der Waals surface area contributed by atoms with Crippen LogP contribution in [0.2, 0.25) is 10.0 Å². The normalized spacial score (nSPS) is 21.8. The standard InChI is InChI=1S/C19H19Cl2NO/c1-11-4-6-12(7-5-11)16-17(19(16,2)3)22-18(23)13-8-9-14(20)15(21)10-13/h4-10,16-17H,1-3H3,(H,22,23). The first-order chi connectivity index (χ1) is 10.8. The summed E-state index contributed by atoms with van der Waals surface area (Å²) >= 11 is 11.9. The lowest BCUT2D eigenvalue weighted by atomic mass is 10.0. The van der Waals surface area contributed by atoms with Gasteiger partial charge in [0.2, 0.25) is 0 Å². The zero-order valence-electron chi connectivity index (χ0n) is 13.4. The van der Waals surface area contributed by atoms with E-state index in [1.165, 1.54) is 11.1 Å². The van der Waals surface area contributed by atoms with E-state index in [2.05, 4.69) is 50.4 Å². The van der Waals surface area contributed by atoms with Crippen molar-refractivity contribution < 1.29 is 4.79 Å². The van der Waals surface area contributed by atoms with Crippen molar-refractivity contribution in [2.24, 2.45) is 5.41 Å². The maximum absolute atomic E-state index is 12.5. The molecule has 1 amide bonds.